The number of benzene rings is 1. The van der Waals surface area contributed by atoms with Crippen molar-refractivity contribution < 1.29 is 4.79 Å². The Bertz CT molecular complexity index is 965. The monoisotopic (exact) mass is 363 g/mol. The maximum Gasteiger partial charge on any atom is 0.222 e. The van der Waals surface area contributed by atoms with Gasteiger partial charge in [-0.1, -0.05) is 30.3 Å². The maximum atomic E-state index is 12.1. The number of fused-ring (bicyclic) bond motifs is 1. The Morgan fingerprint density at radius 2 is 2.00 bits per heavy atom. The van der Waals surface area contributed by atoms with Crippen LogP contribution in [0.25, 0.3) is 16.9 Å². The van der Waals surface area contributed by atoms with Crippen LogP contribution in [0.15, 0.2) is 42.5 Å². The molecule has 0 N–H and O–H groups in total. The summed E-state index contributed by atoms with van der Waals surface area (Å²) in [5, 5.41) is 4.62. The zero-order chi connectivity index (χ0) is 19.0. The number of rotatable bonds is 5. The Hall–Kier alpha value is -2.89. The van der Waals surface area contributed by atoms with Gasteiger partial charge in [-0.2, -0.15) is 9.61 Å². The lowest BCUT2D eigenvalue weighted by Crippen LogP contribution is -2.30. The van der Waals surface area contributed by atoms with E-state index in [1.54, 1.807) is 0 Å². The van der Waals surface area contributed by atoms with Gasteiger partial charge in [0, 0.05) is 56.7 Å². The van der Waals surface area contributed by atoms with Gasteiger partial charge in [-0.3, -0.25) is 4.79 Å². The SMILES string of the molecule is CCN1CC(CN(C)c2cc(-c3ccccc3)nc3cc(C)nn23)CC1=O. The van der Waals surface area contributed by atoms with Crippen molar-refractivity contribution in [2.45, 2.75) is 20.3 Å². The van der Waals surface area contributed by atoms with Crippen molar-refractivity contribution in [3.63, 3.8) is 0 Å². The van der Waals surface area contributed by atoms with Crippen molar-refractivity contribution in [1.29, 1.82) is 0 Å². The number of aromatic nitrogens is 3. The van der Waals surface area contributed by atoms with Crippen molar-refractivity contribution in [1.82, 2.24) is 19.5 Å². The van der Waals surface area contributed by atoms with Gasteiger partial charge >= 0.3 is 0 Å². The van der Waals surface area contributed by atoms with Gasteiger partial charge in [-0.15, -0.1) is 0 Å². The molecular weight excluding hydrogens is 338 g/mol. The Balaban J connectivity index is 1.68. The average molecular weight is 363 g/mol. The van der Waals surface area contributed by atoms with Crippen LogP contribution >= 0.6 is 0 Å². The first-order valence-corrected chi connectivity index (χ1v) is 9.47. The van der Waals surface area contributed by atoms with Gasteiger partial charge in [-0.25, -0.2) is 4.98 Å². The van der Waals surface area contributed by atoms with E-state index in [4.69, 9.17) is 4.98 Å². The number of carbonyl (C=O) groups excluding carboxylic acids is 1. The van der Waals surface area contributed by atoms with Crippen molar-refractivity contribution >= 4 is 17.4 Å². The van der Waals surface area contributed by atoms with E-state index in [1.807, 2.05) is 47.5 Å². The van der Waals surface area contributed by atoms with E-state index in [0.29, 0.717) is 12.3 Å². The van der Waals surface area contributed by atoms with Crippen molar-refractivity contribution in [2.24, 2.45) is 5.92 Å². The van der Waals surface area contributed by atoms with Crippen molar-refractivity contribution in [2.75, 3.05) is 31.6 Å². The van der Waals surface area contributed by atoms with Crippen molar-refractivity contribution in [3.05, 3.63) is 48.2 Å². The molecular formula is C21H25N5O. The van der Waals surface area contributed by atoms with Crippen LogP contribution in [-0.4, -0.2) is 52.1 Å². The smallest absolute Gasteiger partial charge is 0.222 e. The fourth-order valence-electron chi connectivity index (χ4n) is 3.86. The first-order chi connectivity index (χ1) is 13.0. The Morgan fingerprint density at radius 3 is 2.70 bits per heavy atom. The van der Waals surface area contributed by atoms with Crippen molar-refractivity contribution in [3.8, 4) is 11.3 Å². The third kappa shape index (κ3) is 3.39. The molecule has 1 atom stereocenters. The number of aryl methyl sites for hydroxylation is 1. The number of nitrogens with zero attached hydrogens (tertiary/aromatic N) is 5. The highest BCUT2D eigenvalue weighted by molar-refractivity contribution is 5.78. The molecule has 0 aliphatic carbocycles. The van der Waals surface area contributed by atoms with Crippen LogP contribution < -0.4 is 4.90 Å². The zero-order valence-corrected chi connectivity index (χ0v) is 16.1. The molecule has 0 spiro atoms. The summed E-state index contributed by atoms with van der Waals surface area (Å²) in [5.74, 6) is 1.59. The van der Waals surface area contributed by atoms with Crippen LogP contribution in [0.4, 0.5) is 5.82 Å². The number of amides is 1. The van der Waals surface area contributed by atoms with E-state index < -0.39 is 0 Å². The maximum absolute atomic E-state index is 12.1. The van der Waals surface area contributed by atoms with Gasteiger partial charge < -0.3 is 9.80 Å². The van der Waals surface area contributed by atoms with Gasteiger partial charge in [0.2, 0.25) is 5.91 Å². The minimum Gasteiger partial charge on any atom is -0.359 e. The first-order valence-electron chi connectivity index (χ1n) is 9.47. The standard InChI is InChI=1S/C21H25N5O/c1-4-25-14-16(11-21(25)27)13-24(3)20-12-18(17-8-6-5-7-9-17)22-19-10-15(2)23-26(19)20/h5-10,12,16H,4,11,13-14H2,1-3H3. The second-order valence-corrected chi connectivity index (χ2v) is 7.30. The van der Waals surface area contributed by atoms with Gasteiger partial charge in [0.15, 0.2) is 5.65 Å². The lowest BCUT2D eigenvalue weighted by atomic mass is 10.1. The summed E-state index contributed by atoms with van der Waals surface area (Å²) in [4.78, 5) is 21.0. The summed E-state index contributed by atoms with van der Waals surface area (Å²) in [6.45, 7) is 6.45. The minimum absolute atomic E-state index is 0.260. The molecule has 0 radical (unpaired) electrons. The molecule has 0 saturated carbocycles. The molecule has 1 aliphatic heterocycles. The van der Waals surface area contributed by atoms with Crippen LogP contribution in [0.5, 0.6) is 0 Å². The lowest BCUT2D eigenvalue weighted by molar-refractivity contribution is -0.127. The molecule has 0 bridgehead atoms. The summed E-state index contributed by atoms with van der Waals surface area (Å²) in [7, 11) is 2.07. The fraction of sp³-hybridized carbons (Fsp3) is 0.381. The van der Waals surface area contributed by atoms with E-state index in [0.717, 1.165) is 48.1 Å². The molecule has 1 aromatic carbocycles. The third-order valence-corrected chi connectivity index (χ3v) is 5.20. The summed E-state index contributed by atoms with van der Waals surface area (Å²) >= 11 is 0. The number of likely N-dealkylation sites (tertiary alicyclic amines) is 1. The van der Waals surface area contributed by atoms with Crippen LogP contribution in [0.2, 0.25) is 0 Å². The highest BCUT2D eigenvalue weighted by atomic mass is 16.2. The zero-order valence-electron chi connectivity index (χ0n) is 16.1. The summed E-state index contributed by atoms with van der Waals surface area (Å²) in [5.41, 5.74) is 3.80. The van der Waals surface area contributed by atoms with E-state index in [1.165, 1.54) is 0 Å². The minimum atomic E-state index is 0.260. The quantitative estimate of drug-likeness (QED) is 0.699. The average Bonchev–Trinajstić information content (AvgIpc) is 3.22. The predicted molar refractivity (Wildman–Crippen MR) is 107 cm³/mol. The van der Waals surface area contributed by atoms with Gasteiger partial charge in [-0.05, 0) is 13.8 Å². The van der Waals surface area contributed by atoms with Crippen LogP contribution in [0, 0.1) is 12.8 Å². The molecule has 1 aliphatic rings. The largest absolute Gasteiger partial charge is 0.359 e. The second kappa shape index (κ2) is 7.02. The third-order valence-electron chi connectivity index (χ3n) is 5.20. The van der Waals surface area contributed by atoms with E-state index in [9.17, 15) is 4.79 Å². The van der Waals surface area contributed by atoms with Crippen LogP contribution in [0.3, 0.4) is 0 Å². The molecule has 1 fully saturated rings. The number of hydrogen-bond donors (Lipinski definition) is 0. The fourth-order valence-corrected chi connectivity index (χ4v) is 3.86. The molecule has 2 aromatic heterocycles. The highest BCUT2D eigenvalue weighted by Crippen LogP contribution is 2.26. The molecule has 1 unspecified atom stereocenters. The molecule has 6 heteroatoms. The summed E-state index contributed by atoms with van der Waals surface area (Å²) < 4.78 is 1.90. The first kappa shape index (κ1) is 17.5. The molecule has 1 amide bonds. The molecule has 1 saturated heterocycles. The number of carbonyl (C=O) groups is 1. The van der Waals surface area contributed by atoms with Gasteiger partial charge in [0.05, 0.1) is 11.4 Å². The normalized spacial score (nSPS) is 17.1. The predicted octanol–water partition coefficient (Wildman–Crippen LogP) is 3.01. The molecule has 140 valence electrons. The summed E-state index contributed by atoms with van der Waals surface area (Å²) in [6, 6.07) is 14.3. The van der Waals surface area contributed by atoms with E-state index in [2.05, 4.69) is 35.2 Å². The lowest BCUT2D eigenvalue weighted by Gasteiger charge is -2.24. The summed E-state index contributed by atoms with van der Waals surface area (Å²) in [6.07, 6.45) is 0.621. The highest BCUT2D eigenvalue weighted by Gasteiger charge is 2.29. The molecule has 3 aromatic rings. The molecule has 4 rings (SSSR count). The Kier molecular flexibility index (Phi) is 4.56. The Labute approximate surface area is 159 Å². The van der Waals surface area contributed by atoms with E-state index in [-0.39, 0.29) is 5.91 Å². The van der Waals surface area contributed by atoms with Crippen LogP contribution in [0.1, 0.15) is 19.0 Å². The van der Waals surface area contributed by atoms with Gasteiger partial charge in [0.25, 0.3) is 0 Å². The Morgan fingerprint density at radius 1 is 1.22 bits per heavy atom. The second-order valence-electron chi connectivity index (χ2n) is 7.30. The number of hydrogen-bond acceptors (Lipinski definition) is 4. The molecule has 6 nitrogen and oxygen atoms in total. The topological polar surface area (TPSA) is 53.7 Å². The van der Waals surface area contributed by atoms with Gasteiger partial charge in [0.1, 0.15) is 5.82 Å². The molecule has 3 heterocycles. The van der Waals surface area contributed by atoms with Crippen LogP contribution in [-0.2, 0) is 4.79 Å². The number of anilines is 1. The van der Waals surface area contributed by atoms with E-state index >= 15 is 0 Å². The molecule has 27 heavy (non-hydrogen) atoms.